The summed E-state index contributed by atoms with van der Waals surface area (Å²) in [5.74, 6) is 3.78. The molecule has 8 rings (SSSR count). The third-order valence-electron chi connectivity index (χ3n) is 10.4. The van der Waals surface area contributed by atoms with Crippen molar-refractivity contribution in [3.05, 3.63) is 48.2 Å². The fourth-order valence-corrected chi connectivity index (χ4v) is 9.14. The molecule has 2 aliphatic heterocycles. The summed E-state index contributed by atoms with van der Waals surface area (Å²) in [6, 6.07) is 11.4. The van der Waals surface area contributed by atoms with E-state index in [-0.39, 0.29) is 5.91 Å². The third-order valence-corrected chi connectivity index (χ3v) is 11.5. The second-order valence-electron chi connectivity index (χ2n) is 13.0. The number of nitrogens with one attached hydrogen (secondary N) is 2. The molecule has 3 aliphatic carbocycles. The summed E-state index contributed by atoms with van der Waals surface area (Å²) in [5, 5.41) is 8.84. The van der Waals surface area contributed by atoms with Crippen LogP contribution >= 0.6 is 24.6 Å². The van der Waals surface area contributed by atoms with Gasteiger partial charge in [0, 0.05) is 37.3 Å². The van der Waals surface area contributed by atoms with Crippen molar-refractivity contribution in [2.75, 3.05) is 29.9 Å². The van der Waals surface area contributed by atoms with Crippen LogP contribution < -0.4 is 19.7 Å². The number of carbonyl (C=O) groups is 1. The average molecular weight is 604 g/mol. The summed E-state index contributed by atoms with van der Waals surface area (Å²) in [5.41, 5.74) is 1.91. The first-order valence-corrected chi connectivity index (χ1v) is 16.5. The van der Waals surface area contributed by atoms with Gasteiger partial charge >= 0.3 is 0 Å². The normalized spacial score (nSPS) is 27.0. The van der Waals surface area contributed by atoms with E-state index in [1.807, 2.05) is 42.6 Å². The first kappa shape index (κ1) is 26.7. The van der Waals surface area contributed by atoms with Crippen molar-refractivity contribution in [2.24, 2.45) is 22.7 Å². The molecule has 42 heavy (non-hydrogen) atoms. The van der Waals surface area contributed by atoms with Gasteiger partial charge in [-0.2, -0.15) is 12.6 Å². The monoisotopic (exact) mass is 603 g/mol. The maximum absolute atomic E-state index is 13.5. The minimum Gasteiger partial charge on any atom is -0.477 e. The number of fused-ring (bicyclic) bond motifs is 7. The van der Waals surface area contributed by atoms with E-state index in [1.54, 1.807) is 4.68 Å². The van der Waals surface area contributed by atoms with E-state index in [0.717, 1.165) is 55.5 Å². The van der Waals surface area contributed by atoms with E-state index >= 15 is 0 Å². The zero-order valence-electron chi connectivity index (χ0n) is 23.9. The Kier molecular flexibility index (Phi) is 6.23. The Morgan fingerprint density at radius 3 is 2.76 bits per heavy atom. The van der Waals surface area contributed by atoms with Gasteiger partial charge in [-0.3, -0.25) is 9.52 Å². The molecular weight excluding hydrogens is 567 g/mol. The number of amides is 1. The second kappa shape index (κ2) is 9.80. The number of hydrogen-bond donors (Lipinski definition) is 3. The van der Waals surface area contributed by atoms with Gasteiger partial charge in [-0.1, -0.05) is 6.07 Å². The molecule has 5 heterocycles. The molecular formula is C31H37N7O2S2. The summed E-state index contributed by atoms with van der Waals surface area (Å²) in [4.78, 5) is 25.0. The number of ether oxygens (including phenoxy) is 1. The molecule has 3 saturated carbocycles. The number of hydrogen-bond acceptors (Lipinski definition) is 9. The lowest BCUT2D eigenvalue weighted by Gasteiger charge is -2.33. The van der Waals surface area contributed by atoms with Crippen molar-refractivity contribution >= 4 is 42.1 Å². The fraction of sp³-hybridized carbons (Fsp3) is 0.548. The van der Waals surface area contributed by atoms with Crippen molar-refractivity contribution in [2.45, 2.75) is 68.2 Å². The molecule has 1 unspecified atom stereocenters. The Labute approximate surface area is 256 Å². The Hall–Kier alpha value is -2.92. The fourth-order valence-electron chi connectivity index (χ4n) is 8.11. The maximum Gasteiger partial charge on any atom is 0.265 e. The van der Waals surface area contributed by atoms with Gasteiger partial charge in [0.15, 0.2) is 5.82 Å². The topological polar surface area (TPSA) is 97.2 Å². The first-order valence-electron chi connectivity index (χ1n) is 15.3. The largest absolute Gasteiger partial charge is 0.477 e. The molecule has 0 radical (unpaired) electrons. The van der Waals surface area contributed by atoms with Crippen LogP contribution in [0.15, 0.2) is 47.6 Å². The molecule has 2 atom stereocenters. The molecule has 1 amide bonds. The van der Waals surface area contributed by atoms with Gasteiger partial charge in [0.05, 0.1) is 17.0 Å². The highest BCUT2D eigenvalue weighted by Crippen LogP contribution is 2.93. The Balaban J connectivity index is 1.04. The molecule has 5 aliphatic rings. The minimum atomic E-state index is -0.437. The minimum absolute atomic E-state index is 0.219. The number of anilines is 2. The summed E-state index contributed by atoms with van der Waals surface area (Å²) in [6.45, 7) is 4.46. The lowest BCUT2D eigenvalue weighted by atomic mass is 10.0. The zero-order chi connectivity index (χ0) is 28.5. The first-order chi connectivity index (χ1) is 20.4. The predicted octanol–water partition coefficient (Wildman–Crippen LogP) is 5.74. The SMILES string of the molecule is CC1(S)C[C@@H]2CCCNc3cccc(n3)SNC(=O)c3ccc(-n4ccc(OCCC5C6(CC6)C56CC6)n4)nc3N1C2. The van der Waals surface area contributed by atoms with Crippen LogP contribution in [0, 0.1) is 22.7 Å². The van der Waals surface area contributed by atoms with E-state index in [9.17, 15) is 4.79 Å². The van der Waals surface area contributed by atoms with E-state index < -0.39 is 4.87 Å². The standard InChI is InChI=1S/C31H37N7O2S2/c1-29(41)18-20-4-3-15-32-23-5-2-6-26(33-23)42-36-28(39)21-7-8-24(34-27(21)37(29)19-20)38-16-9-25(35-38)40-17-10-22-30(11-12-30)31(22)13-14-31/h2,5-9,16,20,22,41H,3-4,10-15,17-19H2,1H3,(H,32,33)(H,36,39)/t20-,29?/m0/s1. The Morgan fingerprint density at radius 2 is 1.95 bits per heavy atom. The smallest absolute Gasteiger partial charge is 0.265 e. The van der Waals surface area contributed by atoms with Crippen molar-refractivity contribution in [3.63, 3.8) is 0 Å². The molecule has 0 aromatic carbocycles. The molecule has 4 fully saturated rings. The van der Waals surface area contributed by atoms with E-state index in [0.29, 0.717) is 46.4 Å². The quantitative estimate of drug-likeness (QED) is 0.251. The van der Waals surface area contributed by atoms with E-state index in [1.165, 1.54) is 37.6 Å². The lowest BCUT2D eigenvalue weighted by molar-refractivity contribution is 0.0984. The second-order valence-corrected chi connectivity index (χ2v) is 14.8. The highest BCUT2D eigenvalue weighted by atomic mass is 32.2. The Morgan fingerprint density at radius 1 is 1.12 bits per heavy atom. The van der Waals surface area contributed by atoms with Crippen molar-refractivity contribution in [3.8, 4) is 11.7 Å². The molecule has 220 valence electrons. The number of aromatic nitrogens is 4. The van der Waals surface area contributed by atoms with Gasteiger partial charge in [-0.05, 0) is 105 Å². The highest BCUT2D eigenvalue weighted by molar-refractivity contribution is 7.97. The van der Waals surface area contributed by atoms with Crippen LogP contribution in [0.4, 0.5) is 11.6 Å². The average Bonchev–Trinajstić information content (AvgIpc) is 3.93. The summed E-state index contributed by atoms with van der Waals surface area (Å²) in [6.07, 6.45) is 11.7. The van der Waals surface area contributed by atoms with Crippen LogP contribution in [0.3, 0.4) is 0 Å². The predicted molar refractivity (Wildman–Crippen MR) is 166 cm³/mol. The lowest BCUT2D eigenvalue weighted by Crippen LogP contribution is -2.38. The van der Waals surface area contributed by atoms with Crippen LogP contribution in [0.2, 0.25) is 0 Å². The number of nitrogens with zero attached hydrogens (tertiary/aromatic N) is 5. The van der Waals surface area contributed by atoms with Gasteiger partial charge in [0.25, 0.3) is 5.91 Å². The van der Waals surface area contributed by atoms with Gasteiger partial charge in [0.1, 0.15) is 16.7 Å². The van der Waals surface area contributed by atoms with Gasteiger partial charge in [0.2, 0.25) is 5.88 Å². The summed E-state index contributed by atoms with van der Waals surface area (Å²) >= 11 is 6.29. The third kappa shape index (κ3) is 4.54. The maximum atomic E-state index is 13.5. The number of carbonyl (C=O) groups excluding carboxylic acids is 1. The van der Waals surface area contributed by atoms with Crippen LogP contribution in [-0.4, -0.2) is 50.2 Å². The molecule has 3 aromatic heterocycles. The molecule has 2 N–H and O–H groups in total. The van der Waals surface area contributed by atoms with Gasteiger partial charge in [-0.15, -0.1) is 5.10 Å². The van der Waals surface area contributed by atoms with Crippen molar-refractivity contribution in [1.29, 1.82) is 0 Å². The van der Waals surface area contributed by atoms with Crippen LogP contribution in [0.1, 0.15) is 68.6 Å². The number of thiol groups is 1. The van der Waals surface area contributed by atoms with E-state index in [2.05, 4.69) is 26.8 Å². The van der Waals surface area contributed by atoms with Crippen LogP contribution in [-0.2, 0) is 0 Å². The summed E-state index contributed by atoms with van der Waals surface area (Å²) in [7, 11) is 0. The number of rotatable bonds is 5. The molecule has 9 nitrogen and oxygen atoms in total. The highest BCUT2D eigenvalue weighted by Gasteiger charge is 2.85. The summed E-state index contributed by atoms with van der Waals surface area (Å²) < 4.78 is 10.8. The van der Waals surface area contributed by atoms with Crippen LogP contribution in [0.5, 0.6) is 5.88 Å². The van der Waals surface area contributed by atoms with Crippen molar-refractivity contribution < 1.29 is 9.53 Å². The van der Waals surface area contributed by atoms with Gasteiger partial charge < -0.3 is 15.0 Å². The molecule has 1 saturated heterocycles. The Bertz CT molecular complexity index is 1510. The zero-order valence-corrected chi connectivity index (χ0v) is 25.6. The van der Waals surface area contributed by atoms with Gasteiger partial charge in [-0.25, -0.2) is 14.6 Å². The number of pyridine rings is 2. The molecule has 2 spiro atoms. The molecule has 3 aromatic rings. The van der Waals surface area contributed by atoms with Crippen LogP contribution in [0.25, 0.3) is 5.82 Å². The molecule has 4 bridgehead atoms. The molecule has 11 heteroatoms. The van der Waals surface area contributed by atoms with Crippen molar-refractivity contribution in [1.82, 2.24) is 24.5 Å². The van der Waals surface area contributed by atoms with E-state index in [4.69, 9.17) is 27.4 Å².